The molecule has 2 nitrogen and oxygen atoms in total. The predicted molar refractivity (Wildman–Crippen MR) is 102 cm³/mol. The van der Waals surface area contributed by atoms with Gasteiger partial charge >= 0.3 is 0 Å². The van der Waals surface area contributed by atoms with Crippen LogP contribution in [-0.4, -0.2) is 10.2 Å². The first kappa shape index (κ1) is 16.8. The second kappa shape index (κ2) is 7.71. The average molecular weight is 337 g/mol. The van der Waals surface area contributed by atoms with Gasteiger partial charge in [-0.05, 0) is 40.8 Å². The molecule has 0 saturated carbocycles. The molecule has 0 atom stereocenters. The van der Waals surface area contributed by atoms with E-state index in [1.165, 1.54) is 34.4 Å². The summed E-state index contributed by atoms with van der Waals surface area (Å²) in [5.41, 5.74) is 4.10. The molecule has 0 bridgehead atoms. The fourth-order valence-corrected chi connectivity index (χ4v) is 3.53. The molecule has 1 heterocycles. The van der Waals surface area contributed by atoms with Crippen LogP contribution in [0.4, 0.5) is 0 Å². The second-order valence-corrected chi connectivity index (χ2v) is 7.09. The zero-order chi connectivity index (χ0) is 16.9. The molecule has 3 heteroatoms. The van der Waals surface area contributed by atoms with Crippen molar-refractivity contribution in [1.82, 2.24) is 10.2 Å². The average Bonchev–Trinajstić information content (AvgIpc) is 3.09. The molecule has 2 aromatic rings. The molecule has 0 radical (unpaired) electrons. The SMILES string of the molecule is CCCc1cc2ccc1=2.CCc1ccc(-c2nnc(CC)s2)cc1. The number of aromatic nitrogens is 2. The van der Waals surface area contributed by atoms with E-state index in [4.69, 9.17) is 0 Å². The summed E-state index contributed by atoms with van der Waals surface area (Å²) in [6.07, 6.45) is 4.58. The first-order valence-corrected chi connectivity index (χ1v) is 9.61. The molecule has 0 amide bonds. The summed E-state index contributed by atoms with van der Waals surface area (Å²) in [6, 6.07) is 15.2. The van der Waals surface area contributed by atoms with Crippen molar-refractivity contribution in [1.29, 1.82) is 0 Å². The monoisotopic (exact) mass is 336 g/mol. The van der Waals surface area contributed by atoms with Gasteiger partial charge in [0.1, 0.15) is 10.0 Å². The minimum absolute atomic E-state index is 0.963. The molecule has 0 spiro atoms. The normalized spacial score (nSPS) is 11.0. The maximum atomic E-state index is 4.18. The molecular formula is C21H24N2S. The number of aryl methyl sites for hydroxylation is 3. The maximum absolute atomic E-state index is 4.18. The number of hydrogen-bond acceptors (Lipinski definition) is 3. The van der Waals surface area contributed by atoms with Gasteiger partial charge in [0.15, 0.2) is 0 Å². The summed E-state index contributed by atoms with van der Waals surface area (Å²) in [6.45, 7) is 6.49. The van der Waals surface area contributed by atoms with E-state index in [9.17, 15) is 0 Å². The molecule has 1 aromatic heterocycles. The zero-order valence-corrected chi connectivity index (χ0v) is 15.5. The Bertz CT molecular complexity index is 894. The van der Waals surface area contributed by atoms with Crippen LogP contribution < -0.4 is 0 Å². The zero-order valence-electron chi connectivity index (χ0n) is 14.7. The summed E-state index contributed by atoms with van der Waals surface area (Å²) in [7, 11) is 0. The lowest BCUT2D eigenvalue weighted by Gasteiger charge is -2.09. The Hall–Kier alpha value is -2.00. The van der Waals surface area contributed by atoms with Crippen LogP contribution in [0.5, 0.6) is 0 Å². The lowest BCUT2D eigenvalue weighted by Crippen LogP contribution is -1.95. The first-order chi connectivity index (χ1) is 11.7. The van der Waals surface area contributed by atoms with Crippen LogP contribution in [-0.2, 0) is 19.3 Å². The highest BCUT2D eigenvalue weighted by atomic mass is 32.1. The van der Waals surface area contributed by atoms with Crippen LogP contribution in [0.2, 0.25) is 0 Å². The smallest absolute Gasteiger partial charge is 0.143 e. The number of benzene rings is 2. The summed E-state index contributed by atoms with van der Waals surface area (Å²) in [4.78, 5) is 0. The van der Waals surface area contributed by atoms with E-state index in [1.807, 2.05) is 0 Å². The highest BCUT2D eigenvalue weighted by molar-refractivity contribution is 7.14. The van der Waals surface area contributed by atoms with E-state index in [-0.39, 0.29) is 0 Å². The van der Waals surface area contributed by atoms with Crippen molar-refractivity contribution in [3.8, 4) is 10.6 Å². The van der Waals surface area contributed by atoms with Crippen LogP contribution in [0.1, 0.15) is 43.3 Å². The topological polar surface area (TPSA) is 25.8 Å². The molecule has 2 aliphatic carbocycles. The number of nitrogens with zero attached hydrogens (tertiary/aromatic N) is 2. The molecule has 0 N–H and O–H groups in total. The van der Waals surface area contributed by atoms with Gasteiger partial charge in [-0.2, -0.15) is 0 Å². The lowest BCUT2D eigenvalue weighted by atomic mass is 9.96. The van der Waals surface area contributed by atoms with Gasteiger partial charge in [0.2, 0.25) is 0 Å². The molecule has 0 fully saturated rings. The third-order valence-corrected chi connectivity index (χ3v) is 5.43. The first-order valence-electron chi connectivity index (χ1n) is 8.80. The Labute approximate surface area is 147 Å². The maximum Gasteiger partial charge on any atom is 0.147 e. The Morgan fingerprint density at radius 1 is 0.875 bits per heavy atom. The van der Waals surface area contributed by atoms with Crippen molar-refractivity contribution >= 4 is 11.3 Å². The molecule has 0 aliphatic heterocycles. The van der Waals surface area contributed by atoms with Gasteiger partial charge in [0.05, 0.1) is 0 Å². The van der Waals surface area contributed by atoms with E-state index >= 15 is 0 Å². The molecule has 4 rings (SSSR count). The van der Waals surface area contributed by atoms with E-state index < -0.39 is 0 Å². The fraction of sp³-hybridized carbons (Fsp3) is 0.333. The Morgan fingerprint density at radius 2 is 1.67 bits per heavy atom. The van der Waals surface area contributed by atoms with Gasteiger partial charge in [-0.3, -0.25) is 0 Å². The van der Waals surface area contributed by atoms with Gasteiger partial charge in [-0.15, -0.1) is 10.2 Å². The molecule has 1 aromatic carbocycles. The third-order valence-electron chi connectivity index (χ3n) is 4.31. The number of hydrogen-bond donors (Lipinski definition) is 0. The largest absolute Gasteiger partial charge is 0.147 e. The van der Waals surface area contributed by atoms with Gasteiger partial charge in [-0.1, -0.05) is 81.0 Å². The Balaban J connectivity index is 0.000000159. The molecule has 0 unspecified atom stereocenters. The third kappa shape index (κ3) is 3.57. The molecule has 0 saturated heterocycles. The molecule has 24 heavy (non-hydrogen) atoms. The van der Waals surface area contributed by atoms with E-state index in [2.05, 4.69) is 73.4 Å². The highest BCUT2D eigenvalue weighted by Gasteiger charge is 2.04. The molecule has 2 aliphatic rings. The van der Waals surface area contributed by atoms with Gasteiger partial charge in [-0.25, -0.2) is 0 Å². The van der Waals surface area contributed by atoms with Crippen LogP contribution in [0.3, 0.4) is 0 Å². The summed E-state index contributed by atoms with van der Waals surface area (Å²) < 4.78 is 0. The van der Waals surface area contributed by atoms with Crippen molar-refractivity contribution in [3.63, 3.8) is 0 Å². The summed E-state index contributed by atoms with van der Waals surface area (Å²) in [5, 5.41) is 13.4. The second-order valence-electron chi connectivity index (χ2n) is 6.03. The highest BCUT2D eigenvalue weighted by Crippen LogP contribution is 2.24. The van der Waals surface area contributed by atoms with Crippen molar-refractivity contribution in [2.45, 2.75) is 46.5 Å². The van der Waals surface area contributed by atoms with Gasteiger partial charge < -0.3 is 0 Å². The Morgan fingerprint density at radius 3 is 2.12 bits per heavy atom. The van der Waals surface area contributed by atoms with Crippen molar-refractivity contribution in [2.75, 3.05) is 0 Å². The van der Waals surface area contributed by atoms with E-state index in [1.54, 1.807) is 16.9 Å². The van der Waals surface area contributed by atoms with Crippen LogP contribution >= 0.6 is 11.3 Å². The van der Waals surface area contributed by atoms with Crippen molar-refractivity contribution in [2.24, 2.45) is 0 Å². The minimum atomic E-state index is 0.963. The summed E-state index contributed by atoms with van der Waals surface area (Å²) >= 11 is 1.68. The van der Waals surface area contributed by atoms with E-state index in [0.717, 1.165) is 22.9 Å². The van der Waals surface area contributed by atoms with Gasteiger partial charge in [0, 0.05) is 5.56 Å². The van der Waals surface area contributed by atoms with Gasteiger partial charge in [0.25, 0.3) is 0 Å². The van der Waals surface area contributed by atoms with Crippen LogP contribution in [0.15, 0.2) is 42.5 Å². The standard InChI is InChI=1S/C12H14N2S.C9H10/c1-3-9-5-7-10(8-6-9)12-14-13-11(4-2)15-12;1-2-3-7-6-8-4-5-9(7)8/h5-8H,3-4H2,1-2H3;4-6H,2-3H2,1H3. The lowest BCUT2D eigenvalue weighted by molar-refractivity contribution is 0.901. The minimum Gasteiger partial charge on any atom is -0.143 e. The van der Waals surface area contributed by atoms with E-state index in [0.29, 0.717) is 0 Å². The summed E-state index contributed by atoms with van der Waals surface area (Å²) in [5.74, 6) is 0. The number of rotatable bonds is 5. The van der Waals surface area contributed by atoms with Crippen LogP contribution in [0.25, 0.3) is 10.6 Å². The predicted octanol–water partition coefficient (Wildman–Crippen LogP) is 5.57. The molecular weight excluding hydrogens is 312 g/mol. The quantitative estimate of drug-likeness (QED) is 0.476. The molecule has 124 valence electrons. The van der Waals surface area contributed by atoms with Crippen LogP contribution in [0, 0.1) is 10.4 Å². The Kier molecular flexibility index (Phi) is 5.41. The fourth-order valence-electron chi connectivity index (χ4n) is 2.74. The van der Waals surface area contributed by atoms with Crippen molar-refractivity contribution < 1.29 is 0 Å². The van der Waals surface area contributed by atoms with Crippen molar-refractivity contribution in [3.05, 3.63) is 69.0 Å².